The second kappa shape index (κ2) is 10.6. The molecule has 2 N–H and O–H groups in total. The van der Waals surface area contributed by atoms with Crippen molar-refractivity contribution in [1.82, 2.24) is 0 Å². The second-order valence-corrected chi connectivity index (χ2v) is 8.97. The van der Waals surface area contributed by atoms with E-state index in [0.29, 0.717) is 22.3 Å². The van der Waals surface area contributed by atoms with Gasteiger partial charge in [-0.2, -0.15) is 0 Å². The van der Waals surface area contributed by atoms with E-state index in [4.69, 9.17) is 18.9 Å². The van der Waals surface area contributed by atoms with Crippen LogP contribution in [-0.4, -0.2) is 59.5 Å². The molecule has 2 aliphatic rings. The molecule has 0 radical (unpaired) electrons. The lowest BCUT2D eigenvalue weighted by molar-refractivity contribution is -0.129. The van der Waals surface area contributed by atoms with Gasteiger partial charge in [0.2, 0.25) is 0 Å². The van der Waals surface area contributed by atoms with Crippen molar-refractivity contribution in [3.63, 3.8) is 0 Å². The van der Waals surface area contributed by atoms with Gasteiger partial charge in [-0.15, -0.1) is 0 Å². The maximum absolute atomic E-state index is 12.0. The number of carboxylic acids is 2. The lowest BCUT2D eigenvalue weighted by Gasteiger charge is -2.23. The molecule has 2 saturated heterocycles. The first-order valence-electron chi connectivity index (χ1n) is 11.7. The molecule has 2 aromatic carbocycles. The predicted molar refractivity (Wildman–Crippen MR) is 133 cm³/mol. The molecule has 0 unspecified atom stereocenters. The summed E-state index contributed by atoms with van der Waals surface area (Å²) in [7, 11) is 0. The fourth-order valence-electron chi connectivity index (χ4n) is 5.26. The van der Waals surface area contributed by atoms with Crippen molar-refractivity contribution in [1.29, 1.82) is 0 Å². The number of carbonyl (C=O) groups is 4. The molecule has 0 spiro atoms. The van der Waals surface area contributed by atoms with Crippen molar-refractivity contribution < 1.29 is 48.3 Å². The largest absolute Gasteiger partial charge is 0.478 e. The summed E-state index contributed by atoms with van der Waals surface area (Å²) in [6.45, 7) is 10.3. The van der Waals surface area contributed by atoms with Crippen LogP contribution in [0.25, 0.3) is 0 Å². The highest BCUT2D eigenvalue weighted by molar-refractivity contribution is 5.91. The molecule has 0 bridgehead atoms. The van der Waals surface area contributed by atoms with Crippen molar-refractivity contribution in [2.24, 2.45) is 0 Å². The summed E-state index contributed by atoms with van der Waals surface area (Å²) in [5.41, 5.74) is 1.81. The van der Waals surface area contributed by atoms with Crippen LogP contribution in [0.4, 0.5) is 0 Å². The summed E-state index contributed by atoms with van der Waals surface area (Å²) in [4.78, 5) is 47.7. The van der Waals surface area contributed by atoms with Gasteiger partial charge in [-0.3, -0.25) is 0 Å². The zero-order chi connectivity index (χ0) is 27.7. The predicted octanol–water partition coefficient (Wildman–Crippen LogP) is 3.55. The van der Waals surface area contributed by atoms with Crippen molar-refractivity contribution >= 4 is 23.9 Å². The number of fused-ring (bicyclic) bond motifs is 1. The number of carboxylic acid groups (broad SMARTS) is 2. The number of aromatic carboxylic acids is 2. The number of esters is 2. The van der Waals surface area contributed by atoms with E-state index in [0.717, 1.165) is 12.2 Å². The lowest BCUT2D eigenvalue weighted by Crippen LogP contribution is -2.26. The topological polar surface area (TPSA) is 146 Å². The van der Waals surface area contributed by atoms with Crippen LogP contribution in [0.2, 0.25) is 0 Å². The van der Waals surface area contributed by atoms with Gasteiger partial charge in [0.1, 0.15) is 11.5 Å². The van der Waals surface area contributed by atoms with E-state index >= 15 is 0 Å². The minimum absolute atomic E-state index is 0.0417. The smallest absolute Gasteiger partial charge is 0.335 e. The average molecular weight is 523 g/mol. The first-order valence-corrected chi connectivity index (χ1v) is 11.7. The van der Waals surface area contributed by atoms with Crippen LogP contribution >= 0.6 is 0 Å². The molecule has 4 rings (SSSR count). The van der Waals surface area contributed by atoms with E-state index < -0.39 is 47.9 Å². The molecule has 10 heteroatoms. The molecule has 198 valence electrons. The molecule has 2 aromatic rings. The fraction of sp³-hybridized carbons (Fsp3) is 0.286. The van der Waals surface area contributed by atoms with Gasteiger partial charge in [0.05, 0.1) is 36.5 Å². The molecule has 0 saturated carbocycles. The van der Waals surface area contributed by atoms with Gasteiger partial charge in [-0.25, -0.2) is 19.2 Å². The molecule has 38 heavy (non-hydrogen) atoms. The summed E-state index contributed by atoms with van der Waals surface area (Å²) in [6, 6.07) is 5.56. The van der Waals surface area contributed by atoms with Crippen molar-refractivity contribution in [3.8, 4) is 11.5 Å². The first-order chi connectivity index (χ1) is 18.1. The molecule has 0 amide bonds. The number of ether oxygens (including phenoxy) is 4. The Morgan fingerprint density at radius 1 is 0.763 bits per heavy atom. The van der Waals surface area contributed by atoms with Crippen molar-refractivity contribution in [2.45, 2.75) is 37.9 Å². The Morgan fingerprint density at radius 3 is 1.45 bits per heavy atom. The normalized spacial score (nSPS) is 21.8. The highest BCUT2D eigenvalue weighted by Gasteiger charge is 2.51. The van der Waals surface area contributed by atoms with Crippen LogP contribution in [0.1, 0.15) is 54.8 Å². The van der Waals surface area contributed by atoms with Crippen molar-refractivity contribution in [2.75, 3.05) is 13.2 Å². The third kappa shape index (κ3) is 4.71. The molecule has 2 aliphatic heterocycles. The van der Waals surface area contributed by atoms with Crippen LogP contribution < -0.4 is 9.47 Å². The van der Waals surface area contributed by atoms with Crippen LogP contribution in [0.5, 0.6) is 11.5 Å². The summed E-state index contributed by atoms with van der Waals surface area (Å²) in [5, 5.41) is 19.3. The molecule has 2 fully saturated rings. The maximum atomic E-state index is 12.0. The number of hydrogen-bond acceptors (Lipinski definition) is 8. The van der Waals surface area contributed by atoms with E-state index in [9.17, 15) is 29.4 Å². The standard InChI is InChI=1S/C28H26O10/c1-5-21(29)37-19-9-7-15(27(31)32)13(3)23(19)17-11-35-26-18(12-36-25(17)26)24-14(4)16(28(33)34)8-10-20(24)38-22(30)6-2/h5-10,17-18,25-26H,1-2,11-12H2,3-4H3,(H,31,32)(H,33,34)/t17-,18-,25-,26-/m0/s1. The van der Waals surface area contributed by atoms with Crippen LogP contribution in [0.15, 0.2) is 49.6 Å². The van der Waals surface area contributed by atoms with Gasteiger partial charge in [-0.05, 0) is 49.2 Å². The zero-order valence-electron chi connectivity index (χ0n) is 20.8. The van der Waals surface area contributed by atoms with E-state index in [1.54, 1.807) is 13.8 Å². The Balaban J connectivity index is 1.77. The van der Waals surface area contributed by atoms with E-state index in [1.807, 2.05) is 0 Å². The Labute approximate surface area is 218 Å². The second-order valence-electron chi connectivity index (χ2n) is 8.97. The Bertz CT molecular complexity index is 1250. The van der Waals surface area contributed by atoms with Gasteiger partial charge in [0, 0.05) is 35.1 Å². The zero-order valence-corrected chi connectivity index (χ0v) is 20.8. The summed E-state index contributed by atoms with van der Waals surface area (Å²) < 4.78 is 23.2. The molecule has 0 aliphatic carbocycles. The summed E-state index contributed by atoms with van der Waals surface area (Å²) in [6.07, 6.45) is 0.842. The van der Waals surface area contributed by atoms with E-state index in [2.05, 4.69) is 13.2 Å². The minimum atomic E-state index is -1.14. The van der Waals surface area contributed by atoms with Gasteiger partial charge in [0.15, 0.2) is 0 Å². The highest BCUT2D eigenvalue weighted by Crippen LogP contribution is 2.49. The third-order valence-corrected chi connectivity index (χ3v) is 6.96. The van der Waals surface area contributed by atoms with Gasteiger partial charge < -0.3 is 29.2 Å². The lowest BCUT2D eigenvalue weighted by atomic mass is 9.83. The fourth-order valence-corrected chi connectivity index (χ4v) is 5.26. The average Bonchev–Trinajstić information content (AvgIpc) is 3.46. The van der Waals surface area contributed by atoms with E-state index in [1.165, 1.54) is 24.3 Å². The molecule has 4 atom stereocenters. The van der Waals surface area contributed by atoms with Crippen LogP contribution in [0, 0.1) is 13.8 Å². The van der Waals surface area contributed by atoms with Crippen molar-refractivity contribution in [3.05, 3.63) is 83.0 Å². The Hall–Kier alpha value is -4.28. The SMILES string of the molecule is C=CC(=O)Oc1ccc(C(=O)O)c(C)c1[C@@H]1CO[C@@H]2[C@H]1OC[C@H]2c1c(OC(=O)C=C)ccc(C(=O)O)c1C. The molecule has 10 nitrogen and oxygen atoms in total. The first kappa shape index (κ1) is 26.8. The number of benzene rings is 2. The quantitative estimate of drug-likeness (QED) is 0.300. The summed E-state index contributed by atoms with van der Waals surface area (Å²) in [5.74, 6) is -4.35. The molecule has 2 heterocycles. The number of rotatable bonds is 8. The van der Waals surface area contributed by atoms with Gasteiger partial charge in [-0.1, -0.05) is 13.2 Å². The Kier molecular flexibility index (Phi) is 7.47. The monoisotopic (exact) mass is 522 g/mol. The van der Waals surface area contributed by atoms with Crippen LogP contribution in [0.3, 0.4) is 0 Å². The summed E-state index contributed by atoms with van der Waals surface area (Å²) >= 11 is 0. The molecular formula is C28H26O10. The minimum Gasteiger partial charge on any atom is -0.478 e. The number of carbonyl (C=O) groups excluding carboxylic acids is 2. The highest BCUT2D eigenvalue weighted by atomic mass is 16.6. The molecule has 0 aromatic heterocycles. The third-order valence-electron chi connectivity index (χ3n) is 6.96. The Morgan fingerprint density at radius 2 is 1.13 bits per heavy atom. The van der Waals surface area contributed by atoms with Gasteiger partial charge >= 0.3 is 23.9 Å². The molecular weight excluding hydrogens is 496 g/mol. The number of hydrogen-bond donors (Lipinski definition) is 2. The van der Waals surface area contributed by atoms with Gasteiger partial charge in [0.25, 0.3) is 0 Å². The van der Waals surface area contributed by atoms with Crippen LogP contribution in [-0.2, 0) is 19.1 Å². The van der Waals surface area contributed by atoms with E-state index in [-0.39, 0.29) is 35.8 Å². The maximum Gasteiger partial charge on any atom is 0.335 e.